The zero-order valence-electron chi connectivity index (χ0n) is 17.5. The zero-order chi connectivity index (χ0) is 22.4. The third-order valence-corrected chi connectivity index (χ3v) is 5.38. The number of hydrogen-bond donors (Lipinski definition) is 1. The molecule has 2 aromatic rings. The van der Waals surface area contributed by atoms with Crippen molar-refractivity contribution in [2.24, 2.45) is 11.8 Å². The fraction of sp³-hybridized carbons (Fsp3) is 0.292. The standard InChI is InChI=1S/C24H23NO6/c1-29-21(26)19-18(15-14-16-10-6-4-7-11-16)25-24(23(28)31-3,20(19)22(27)30-2)17-12-8-5-9-13-17/h4-13,18-20,25H,1-3H3/t18-,19+,20-,24-/m1/s1. The second-order valence-corrected chi connectivity index (χ2v) is 6.97. The third-order valence-electron chi connectivity index (χ3n) is 5.38. The van der Waals surface area contributed by atoms with Crippen LogP contribution >= 0.6 is 0 Å². The predicted molar refractivity (Wildman–Crippen MR) is 111 cm³/mol. The first kappa shape index (κ1) is 22.1. The Balaban J connectivity index is 2.22. The summed E-state index contributed by atoms with van der Waals surface area (Å²) in [5, 5.41) is 3.12. The van der Waals surface area contributed by atoms with E-state index >= 15 is 0 Å². The van der Waals surface area contributed by atoms with E-state index in [2.05, 4.69) is 17.2 Å². The SMILES string of the molecule is COC(=O)[C@H]1[C@@H](C#Cc2ccccc2)N[C@](C(=O)OC)(c2ccccc2)[C@H]1C(=O)OC. The van der Waals surface area contributed by atoms with Crippen LogP contribution in [0.5, 0.6) is 0 Å². The molecule has 1 fully saturated rings. The van der Waals surface area contributed by atoms with Crippen LogP contribution in [0.4, 0.5) is 0 Å². The van der Waals surface area contributed by atoms with Gasteiger partial charge in [-0.25, -0.2) is 4.79 Å². The summed E-state index contributed by atoms with van der Waals surface area (Å²) >= 11 is 0. The van der Waals surface area contributed by atoms with Crippen LogP contribution in [-0.4, -0.2) is 45.3 Å². The van der Waals surface area contributed by atoms with Gasteiger partial charge in [-0.1, -0.05) is 60.4 Å². The highest BCUT2D eigenvalue weighted by atomic mass is 16.5. The summed E-state index contributed by atoms with van der Waals surface area (Å²) in [6, 6.07) is 16.9. The van der Waals surface area contributed by atoms with Crippen LogP contribution in [0.2, 0.25) is 0 Å². The van der Waals surface area contributed by atoms with Gasteiger partial charge in [0.1, 0.15) is 5.92 Å². The monoisotopic (exact) mass is 421 g/mol. The molecule has 2 aromatic carbocycles. The summed E-state index contributed by atoms with van der Waals surface area (Å²) in [5.74, 6) is 1.47. The molecule has 0 aromatic heterocycles. The van der Waals surface area contributed by atoms with Crippen molar-refractivity contribution in [1.82, 2.24) is 5.32 Å². The molecule has 0 unspecified atom stereocenters. The lowest BCUT2D eigenvalue weighted by molar-refractivity contribution is -0.164. The molecule has 7 heteroatoms. The lowest BCUT2D eigenvalue weighted by Crippen LogP contribution is -2.53. The summed E-state index contributed by atoms with van der Waals surface area (Å²) in [7, 11) is 3.64. The Labute approximate surface area is 180 Å². The normalized spacial score (nSPS) is 24.4. The topological polar surface area (TPSA) is 90.9 Å². The lowest BCUT2D eigenvalue weighted by atomic mass is 9.74. The van der Waals surface area contributed by atoms with Gasteiger partial charge in [-0.3, -0.25) is 14.9 Å². The minimum Gasteiger partial charge on any atom is -0.469 e. The Hall–Kier alpha value is -3.63. The molecule has 31 heavy (non-hydrogen) atoms. The maximum atomic E-state index is 13.2. The van der Waals surface area contributed by atoms with Crippen molar-refractivity contribution >= 4 is 17.9 Å². The molecule has 1 aliphatic heterocycles. The predicted octanol–water partition coefficient (Wildman–Crippen LogP) is 1.66. The van der Waals surface area contributed by atoms with Crippen molar-refractivity contribution < 1.29 is 28.6 Å². The molecule has 1 N–H and O–H groups in total. The van der Waals surface area contributed by atoms with Crippen molar-refractivity contribution in [3.05, 3.63) is 71.8 Å². The largest absolute Gasteiger partial charge is 0.469 e. The molecule has 0 aliphatic carbocycles. The fourth-order valence-corrected chi connectivity index (χ4v) is 3.98. The number of carbonyl (C=O) groups is 3. The van der Waals surface area contributed by atoms with E-state index < -0.39 is 41.3 Å². The fourth-order valence-electron chi connectivity index (χ4n) is 3.98. The number of ether oxygens (including phenoxy) is 3. The van der Waals surface area contributed by atoms with Gasteiger partial charge in [0.15, 0.2) is 5.54 Å². The van der Waals surface area contributed by atoms with Crippen molar-refractivity contribution in [3.63, 3.8) is 0 Å². The Bertz CT molecular complexity index is 1010. The van der Waals surface area contributed by atoms with E-state index in [-0.39, 0.29) is 0 Å². The molecule has 0 spiro atoms. The Morgan fingerprint density at radius 1 is 0.839 bits per heavy atom. The lowest BCUT2D eigenvalue weighted by Gasteiger charge is -2.32. The van der Waals surface area contributed by atoms with Crippen molar-refractivity contribution in [2.75, 3.05) is 21.3 Å². The van der Waals surface area contributed by atoms with E-state index in [4.69, 9.17) is 14.2 Å². The van der Waals surface area contributed by atoms with Crippen molar-refractivity contribution in [1.29, 1.82) is 0 Å². The average molecular weight is 421 g/mol. The molecule has 7 nitrogen and oxygen atoms in total. The second kappa shape index (κ2) is 9.45. The number of carbonyl (C=O) groups excluding carboxylic acids is 3. The quantitative estimate of drug-likeness (QED) is 0.456. The summed E-state index contributed by atoms with van der Waals surface area (Å²) in [4.78, 5) is 38.9. The molecule has 0 amide bonds. The molecule has 0 radical (unpaired) electrons. The van der Waals surface area contributed by atoms with E-state index in [1.165, 1.54) is 21.3 Å². The molecular weight excluding hydrogens is 398 g/mol. The molecule has 1 saturated heterocycles. The Morgan fingerprint density at radius 3 is 1.97 bits per heavy atom. The summed E-state index contributed by atoms with van der Waals surface area (Å²) in [6.45, 7) is 0. The van der Waals surface area contributed by atoms with Gasteiger partial charge in [-0.15, -0.1) is 0 Å². The molecule has 160 valence electrons. The maximum Gasteiger partial charge on any atom is 0.331 e. The highest BCUT2D eigenvalue weighted by Gasteiger charge is 2.65. The zero-order valence-corrected chi connectivity index (χ0v) is 17.5. The van der Waals surface area contributed by atoms with Crippen LogP contribution in [0.15, 0.2) is 60.7 Å². The number of esters is 3. The number of nitrogens with one attached hydrogen (secondary N) is 1. The van der Waals surface area contributed by atoms with Gasteiger partial charge in [0.2, 0.25) is 0 Å². The minimum absolute atomic E-state index is 0.454. The number of benzene rings is 2. The minimum atomic E-state index is -1.68. The number of methoxy groups -OCH3 is 3. The van der Waals surface area contributed by atoms with E-state index in [0.717, 1.165) is 5.56 Å². The van der Waals surface area contributed by atoms with E-state index in [1.807, 2.05) is 30.3 Å². The van der Waals surface area contributed by atoms with Crippen LogP contribution in [0.25, 0.3) is 0 Å². The Kier molecular flexibility index (Phi) is 6.73. The van der Waals surface area contributed by atoms with Crippen molar-refractivity contribution in [2.45, 2.75) is 11.6 Å². The van der Waals surface area contributed by atoms with Crippen LogP contribution in [0.3, 0.4) is 0 Å². The van der Waals surface area contributed by atoms with Gasteiger partial charge in [0.05, 0.1) is 33.3 Å². The van der Waals surface area contributed by atoms with Gasteiger partial charge < -0.3 is 14.2 Å². The molecule has 0 bridgehead atoms. The molecular formula is C24H23NO6. The first-order valence-electron chi connectivity index (χ1n) is 9.63. The maximum absolute atomic E-state index is 13.2. The van der Waals surface area contributed by atoms with Crippen LogP contribution in [0.1, 0.15) is 11.1 Å². The smallest absolute Gasteiger partial charge is 0.331 e. The van der Waals surface area contributed by atoms with Crippen LogP contribution in [0, 0.1) is 23.7 Å². The van der Waals surface area contributed by atoms with Crippen LogP contribution < -0.4 is 5.32 Å². The van der Waals surface area contributed by atoms with Gasteiger partial charge in [-0.2, -0.15) is 0 Å². The van der Waals surface area contributed by atoms with Crippen molar-refractivity contribution in [3.8, 4) is 11.8 Å². The summed E-state index contributed by atoms with van der Waals surface area (Å²) in [5.41, 5.74) is -0.508. The first-order valence-corrected chi connectivity index (χ1v) is 9.63. The highest BCUT2D eigenvalue weighted by molar-refractivity contribution is 5.95. The van der Waals surface area contributed by atoms with Gasteiger partial charge in [0.25, 0.3) is 0 Å². The van der Waals surface area contributed by atoms with Gasteiger partial charge in [0, 0.05) is 5.56 Å². The summed E-state index contributed by atoms with van der Waals surface area (Å²) < 4.78 is 15.1. The average Bonchev–Trinajstić information content (AvgIpc) is 3.18. The van der Waals surface area contributed by atoms with Gasteiger partial charge >= 0.3 is 17.9 Å². The number of hydrogen-bond acceptors (Lipinski definition) is 7. The third kappa shape index (κ3) is 4.03. The van der Waals surface area contributed by atoms with Crippen LogP contribution in [-0.2, 0) is 34.1 Å². The molecule has 3 rings (SSSR count). The summed E-state index contributed by atoms with van der Waals surface area (Å²) in [6.07, 6.45) is 0. The van der Waals surface area contributed by atoms with E-state index in [9.17, 15) is 14.4 Å². The molecule has 1 heterocycles. The van der Waals surface area contributed by atoms with E-state index in [1.54, 1.807) is 30.3 Å². The Morgan fingerprint density at radius 2 is 1.42 bits per heavy atom. The number of rotatable bonds is 4. The van der Waals surface area contributed by atoms with E-state index in [0.29, 0.717) is 5.56 Å². The molecule has 4 atom stereocenters. The highest BCUT2D eigenvalue weighted by Crippen LogP contribution is 2.44. The molecule has 1 aliphatic rings. The molecule has 0 saturated carbocycles. The van der Waals surface area contributed by atoms with Gasteiger partial charge in [-0.05, 0) is 17.7 Å². The second-order valence-electron chi connectivity index (χ2n) is 6.97. The first-order chi connectivity index (χ1) is 15.0.